The molecular weight excluding hydrogens is 323 g/mol. The van der Waals surface area contributed by atoms with Gasteiger partial charge in [-0.15, -0.1) is 0 Å². The summed E-state index contributed by atoms with van der Waals surface area (Å²) in [4.78, 5) is 0. The highest BCUT2D eigenvalue weighted by Crippen LogP contribution is 2.38. The van der Waals surface area contributed by atoms with Gasteiger partial charge in [-0.1, -0.05) is 30.3 Å². The average molecular weight is 337 g/mol. The van der Waals surface area contributed by atoms with Crippen molar-refractivity contribution in [1.29, 1.82) is 0 Å². The van der Waals surface area contributed by atoms with Crippen LogP contribution in [0.1, 0.15) is 29.2 Å². The largest absolute Gasteiger partial charge is 0.493 e. The van der Waals surface area contributed by atoms with Gasteiger partial charge < -0.3 is 9.84 Å². The van der Waals surface area contributed by atoms with E-state index in [-0.39, 0.29) is 5.82 Å². The molecule has 0 amide bonds. The van der Waals surface area contributed by atoms with Crippen molar-refractivity contribution in [2.75, 3.05) is 6.61 Å². The maximum absolute atomic E-state index is 13.6. The van der Waals surface area contributed by atoms with Crippen LogP contribution < -0.4 is 4.74 Å². The number of benzene rings is 2. The first kappa shape index (κ1) is 13.6. The van der Waals surface area contributed by atoms with Crippen LogP contribution in [0.3, 0.4) is 0 Å². The number of fused-ring (bicyclic) bond motifs is 1. The fourth-order valence-electron chi connectivity index (χ4n) is 2.53. The molecule has 2 aromatic rings. The third-order valence-electron chi connectivity index (χ3n) is 3.53. The minimum absolute atomic E-state index is 0.293. The molecule has 3 rings (SSSR count). The number of para-hydroxylation sites is 1. The van der Waals surface area contributed by atoms with Gasteiger partial charge in [-0.2, -0.15) is 0 Å². The van der Waals surface area contributed by atoms with E-state index in [0.29, 0.717) is 22.2 Å². The number of ether oxygens (including phenoxy) is 1. The number of aliphatic hydroxyl groups excluding tert-OH is 1. The zero-order valence-electron chi connectivity index (χ0n) is 10.8. The maximum Gasteiger partial charge on any atom is 0.137 e. The predicted molar refractivity (Wildman–Crippen MR) is 78.4 cm³/mol. The molecule has 1 aliphatic heterocycles. The Labute approximate surface area is 125 Å². The number of rotatable bonds is 2. The first-order valence-electron chi connectivity index (χ1n) is 6.55. The van der Waals surface area contributed by atoms with Crippen molar-refractivity contribution in [2.45, 2.75) is 18.9 Å². The first-order chi connectivity index (χ1) is 9.68. The molecule has 0 saturated heterocycles. The van der Waals surface area contributed by atoms with E-state index in [1.165, 1.54) is 6.07 Å². The van der Waals surface area contributed by atoms with Gasteiger partial charge in [-0.25, -0.2) is 4.39 Å². The number of hydrogen-bond donors (Lipinski definition) is 1. The Balaban J connectivity index is 2.07. The summed E-state index contributed by atoms with van der Waals surface area (Å²) in [5, 5.41) is 10.6. The SMILES string of the molecule is OC(c1cccc(F)c1Br)c1cccc2c1OCCC2. The van der Waals surface area contributed by atoms with Crippen molar-refractivity contribution < 1.29 is 14.2 Å². The standard InChI is InChI=1S/C16H14BrFO2/c17-14-11(6-2-8-13(14)18)15(19)12-7-1-4-10-5-3-9-20-16(10)12/h1-2,4,6-8,15,19H,3,5,9H2. The maximum atomic E-state index is 13.6. The highest BCUT2D eigenvalue weighted by atomic mass is 79.9. The van der Waals surface area contributed by atoms with Crippen LogP contribution in [0.15, 0.2) is 40.9 Å². The van der Waals surface area contributed by atoms with Gasteiger partial charge >= 0.3 is 0 Å². The monoisotopic (exact) mass is 336 g/mol. The van der Waals surface area contributed by atoms with Gasteiger partial charge in [0, 0.05) is 11.1 Å². The molecule has 1 atom stereocenters. The van der Waals surface area contributed by atoms with E-state index in [1.54, 1.807) is 12.1 Å². The average Bonchev–Trinajstić information content (AvgIpc) is 2.49. The van der Waals surface area contributed by atoms with Crippen LogP contribution in [-0.4, -0.2) is 11.7 Å². The van der Waals surface area contributed by atoms with E-state index >= 15 is 0 Å². The van der Waals surface area contributed by atoms with Crippen molar-refractivity contribution in [3.63, 3.8) is 0 Å². The minimum atomic E-state index is -0.909. The summed E-state index contributed by atoms with van der Waals surface area (Å²) >= 11 is 3.20. The van der Waals surface area contributed by atoms with E-state index in [0.717, 1.165) is 24.2 Å². The number of hydrogen-bond acceptors (Lipinski definition) is 2. The van der Waals surface area contributed by atoms with Gasteiger partial charge in [0.1, 0.15) is 17.7 Å². The van der Waals surface area contributed by atoms with Crippen molar-refractivity contribution in [1.82, 2.24) is 0 Å². The van der Waals surface area contributed by atoms with E-state index in [4.69, 9.17) is 4.74 Å². The van der Waals surface area contributed by atoms with Gasteiger partial charge in [0.2, 0.25) is 0 Å². The van der Waals surface area contributed by atoms with Crippen LogP contribution in [0, 0.1) is 5.82 Å². The van der Waals surface area contributed by atoms with Crippen molar-refractivity contribution in [3.8, 4) is 5.75 Å². The quantitative estimate of drug-likeness (QED) is 0.898. The molecule has 0 aliphatic carbocycles. The molecule has 1 unspecified atom stereocenters. The molecule has 1 heterocycles. The summed E-state index contributed by atoms with van der Waals surface area (Å²) in [5.41, 5.74) is 2.29. The molecule has 0 fully saturated rings. The topological polar surface area (TPSA) is 29.5 Å². The van der Waals surface area contributed by atoms with Crippen molar-refractivity contribution in [3.05, 3.63) is 63.4 Å². The predicted octanol–water partition coefficient (Wildman–Crippen LogP) is 3.99. The molecule has 4 heteroatoms. The summed E-state index contributed by atoms with van der Waals surface area (Å²) in [5.74, 6) is 0.356. The fraction of sp³-hybridized carbons (Fsp3) is 0.250. The Kier molecular flexibility index (Phi) is 3.76. The van der Waals surface area contributed by atoms with E-state index in [1.807, 2.05) is 18.2 Å². The Morgan fingerprint density at radius 3 is 2.75 bits per heavy atom. The molecule has 0 bridgehead atoms. The molecule has 2 nitrogen and oxygen atoms in total. The third kappa shape index (κ3) is 2.34. The second-order valence-corrected chi connectivity index (χ2v) is 5.63. The summed E-state index contributed by atoms with van der Waals surface area (Å²) < 4.78 is 19.6. The van der Waals surface area contributed by atoms with Gasteiger partial charge in [-0.05, 0) is 40.4 Å². The fourth-order valence-corrected chi connectivity index (χ4v) is 3.01. The molecule has 2 aromatic carbocycles. The lowest BCUT2D eigenvalue weighted by molar-refractivity contribution is 0.205. The van der Waals surface area contributed by atoms with E-state index < -0.39 is 6.10 Å². The Morgan fingerprint density at radius 1 is 1.15 bits per heavy atom. The summed E-state index contributed by atoms with van der Waals surface area (Å²) in [6, 6.07) is 10.4. The van der Waals surface area contributed by atoms with Crippen LogP contribution in [0.4, 0.5) is 4.39 Å². The summed E-state index contributed by atoms with van der Waals surface area (Å²) in [6.45, 7) is 0.654. The summed E-state index contributed by atoms with van der Waals surface area (Å²) in [7, 11) is 0. The second kappa shape index (κ2) is 5.54. The van der Waals surface area contributed by atoms with Crippen LogP contribution in [-0.2, 0) is 6.42 Å². The lowest BCUT2D eigenvalue weighted by Crippen LogP contribution is -2.13. The lowest BCUT2D eigenvalue weighted by atomic mass is 9.95. The molecule has 1 aliphatic rings. The van der Waals surface area contributed by atoms with Crippen LogP contribution >= 0.6 is 15.9 Å². The van der Waals surface area contributed by atoms with Gasteiger partial charge in [-0.3, -0.25) is 0 Å². The Morgan fingerprint density at radius 2 is 1.90 bits per heavy atom. The van der Waals surface area contributed by atoms with Crippen molar-refractivity contribution in [2.24, 2.45) is 0 Å². The number of aryl methyl sites for hydroxylation is 1. The first-order valence-corrected chi connectivity index (χ1v) is 7.34. The molecule has 0 aromatic heterocycles. The Hall–Kier alpha value is -1.39. The highest BCUT2D eigenvalue weighted by molar-refractivity contribution is 9.10. The Bertz CT molecular complexity index is 642. The molecule has 0 radical (unpaired) electrons. The second-order valence-electron chi connectivity index (χ2n) is 4.83. The third-order valence-corrected chi connectivity index (χ3v) is 4.37. The smallest absolute Gasteiger partial charge is 0.137 e. The van der Waals surface area contributed by atoms with Crippen LogP contribution in [0.25, 0.3) is 0 Å². The van der Waals surface area contributed by atoms with Crippen LogP contribution in [0.2, 0.25) is 0 Å². The van der Waals surface area contributed by atoms with Crippen LogP contribution in [0.5, 0.6) is 5.75 Å². The minimum Gasteiger partial charge on any atom is -0.493 e. The van der Waals surface area contributed by atoms with Gasteiger partial charge in [0.15, 0.2) is 0 Å². The molecule has 0 spiro atoms. The van der Waals surface area contributed by atoms with Crippen molar-refractivity contribution >= 4 is 15.9 Å². The number of aliphatic hydroxyl groups is 1. The summed E-state index contributed by atoms with van der Waals surface area (Å²) in [6.07, 6.45) is 1.02. The zero-order valence-corrected chi connectivity index (χ0v) is 12.4. The molecular formula is C16H14BrFO2. The lowest BCUT2D eigenvalue weighted by Gasteiger charge is -2.23. The van der Waals surface area contributed by atoms with Gasteiger partial charge in [0.05, 0.1) is 11.1 Å². The van der Waals surface area contributed by atoms with E-state index in [2.05, 4.69) is 15.9 Å². The van der Waals surface area contributed by atoms with Gasteiger partial charge in [0.25, 0.3) is 0 Å². The molecule has 20 heavy (non-hydrogen) atoms. The molecule has 1 N–H and O–H groups in total. The van der Waals surface area contributed by atoms with E-state index in [9.17, 15) is 9.50 Å². The zero-order chi connectivity index (χ0) is 14.1. The molecule has 0 saturated carbocycles. The molecule has 104 valence electrons. The highest BCUT2D eigenvalue weighted by Gasteiger charge is 2.22. The number of halogens is 2. The normalized spacial score (nSPS) is 15.3.